The quantitative estimate of drug-likeness (QED) is 0.769. The van der Waals surface area contributed by atoms with Crippen molar-refractivity contribution in [1.29, 1.82) is 0 Å². The summed E-state index contributed by atoms with van der Waals surface area (Å²) >= 11 is 0. The van der Waals surface area contributed by atoms with Crippen LogP contribution in [0.4, 0.5) is 8.78 Å². The third kappa shape index (κ3) is 5.18. The van der Waals surface area contributed by atoms with Gasteiger partial charge in [-0.25, -0.2) is 0 Å². The van der Waals surface area contributed by atoms with E-state index >= 15 is 0 Å². The Hall–Kier alpha value is -1.64. The lowest BCUT2D eigenvalue weighted by Crippen LogP contribution is -2.54. The summed E-state index contributed by atoms with van der Waals surface area (Å²) in [5.41, 5.74) is -0.179. The van der Waals surface area contributed by atoms with Gasteiger partial charge in [0.25, 0.3) is 5.91 Å². The van der Waals surface area contributed by atoms with Gasteiger partial charge in [-0.15, -0.1) is 12.4 Å². The predicted molar refractivity (Wildman–Crippen MR) is 95.2 cm³/mol. The summed E-state index contributed by atoms with van der Waals surface area (Å²) in [6.07, 6.45) is 1.18. The molecule has 1 amide bonds. The van der Waals surface area contributed by atoms with E-state index in [2.05, 4.69) is 10.1 Å². The first-order valence-corrected chi connectivity index (χ1v) is 8.05. The Morgan fingerprint density at radius 3 is 2.46 bits per heavy atom. The van der Waals surface area contributed by atoms with E-state index in [0.717, 1.165) is 0 Å². The minimum Gasteiger partial charge on any atom is -0.493 e. The molecule has 2 rings (SSSR count). The van der Waals surface area contributed by atoms with Gasteiger partial charge < -0.3 is 24.4 Å². The normalized spacial score (nSPS) is 15.9. The van der Waals surface area contributed by atoms with E-state index in [1.54, 1.807) is 31.2 Å². The van der Waals surface area contributed by atoms with E-state index in [-0.39, 0.29) is 36.4 Å². The molecule has 1 aromatic carbocycles. The maximum atomic E-state index is 12.8. The summed E-state index contributed by atoms with van der Waals surface area (Å²) in [7, 11) is 4.59. The number of likely N-dealkylation sites (N-methyl/N-ethyl adjacent to an activating group) is 1. The summed E-state index contributed by atoms with van der Waals surface area (Å²) in [6, 6.07) is 4.71. The number of amides is 1. The maximum Gasteiger partial charge on any atom is 0.387 e. The number of hydrogen-bond donors (Lipinski definition) is 1. The fraction of sp³-hybridized carbons (Fsp3) is 0.588. The van der Waals surface area contributed by atoms with Crippen LogP contribution in [0.1, 0.15) is 18.4 Å². The Balaban J connectivity index is 0.00000338. The Kier molecular flexibility index (Phi) is 8.52. The first-order valence-electron chi connectivity index (χ1n) is 8.05. The molecule has 0 saturated carbocycles. The molecule has 1 aromatic rings. The molecule has 148 valence electrons. The van der Waals surface area contributed by atoms with Crippen LogP contribution in [0.5, 0.6) is 11.5 Å². The van der Waals surface area contributed by atoms with Gasteiger partial charge in [-0.2, -0.15) is 8.78 Å². The standard InChI is InChI=1S/C17H24F2N2O4.ClH/c1-21(15(22)17(24-3)6-8-20-9-7-17)11-12-4-5-13(23-2)14(10-12)25-16(18)19;/h4-5,10,16,20H,6-9,11H2,1-3H3;1H. The Bertz CT molecular complexity index is 598. The number of carbonyl (C=O) groups excluding carboxylic acids is 1. The molecule has 0 atom stereocenters. The smallest absolute Gasteiger partial charge is 0.387 e. The SMILES string of the molecule is COc1ccc(CN(C)C(=O)C2(OC)CCNCC2)cc1OC(F)F.Cl. The highest BCUT2D eigenvalue weighted by Gasteiger charge is 2.41. The number of rotatable bonds is 7. The molecule has 0 radical (unpaired) electrons. The lowest BCUT2D eigenvalue weighted by Gasteiger charge is -2.37. The van der Waals surface area contributed by atoms with Crippen LogP contribution in [0.3, 0.4) is 0 Å². The van der Waals surface area contributed by atoms with Crippen molar-refractivity contribution in [2.45, 2.75) is 31.6 Å². The lowest BCUT2D eigenvalue weighted by atomic mass is 9.90. The lowest BCUT2D eigenvalue weighted by molar-refractivity contribution is -0.157. The van der Waals surface area contributed by atoms with Crippen LogP contribution >= 0.6 is 12.4 Å². The van der Waals surface area contributed by atoms with Crippen LogP contribution in [0.2, 0.25) is 0 Å². The minimum absolute atomic E-state index is 0. The summed E-state index contributed by atoms with van der Waals surface area (Å²) in [5, 5.41) is 3.20. The van der Waals surface area contributed by atoms with Crippen LogP contribution in [0, 0.1) is 0 Å². The molecule has 1 N–H and O–H groups in total. The van der Waals surface area contributed by atoms with Crippen molar-refractivity contribution in [3.05, 3.63) is 23.8 Å². The van der Waals surface area contributed by atoms with Crippen LogP contribution < -0.4 is 14.8 Å². The summed E-state index contributed by atoms with van der Waals surface area (Å²) < 4.78 is 40.1. The second kappa shape index (κ2) is 9.89. The van der Waals surface area contributed by atoms with Crippen molar-refractivity contribution in [2.75, 3.05) is 34.4 Å². The number of nitrogens with one attached hydrogen (secondary N) is 1. The highest BCUT2D eigenvalue weighted by Crippen LogP contribution is 2.31. The molecular weight excluding hydrogens is 370 g/mol. The largest absolute Gasteiger partial charge is 0.493 e. The molecule has 1 aliphatic rings. The van der Waals surface area contributed by atoms with Gasteiger partial charge in [0.2, 0.25) is 0 Å². The van der Waals surface area contributed by atoms with Gasteiger partial charge >= 0.3 is 6.61 Å². The number of benzene rings is 1. The molecule has 9 heteroatoms. The maximum absolute atomic E-state index is 12.8. The van der Waals surface area contributed by atoms with E-state index < -0.39 is 12.2 Å². The summed E-state index contributed by atoms with van der Waals surface area (Å²) in [6.45, 7) is -1.28. The van der Waals surface area contributed by atoms with Gasteiger partial charge in [0.15, 0.2) is 11.5 Å². The Morgan fingerprint density at radius 1 is 1.27 bits per heavy atom. The first-order chi connectivity index (χ1) is 11.9. The van der Waals surface area contributed by atoms with Gasteiger partial charge in [-0.05, 0) is 43.6 Å². The van der Waals surface area contributed by atoms with Gasteiger partial charge in [0, 0.05) is 20.7 Å². The number of hydrogen-bond acceptors (Lipinski definition) is 5. The fourth-order valence-corrected chi connectivity index (χ4v) is 3.04. The van der Waals surface area contributed by atoms with Crippen molar-refractivity contribution in [3.8, 4) is 11.5 Å². The third-order valence-corrected chi connectivity index (χ3v) is 4.40. The monoisotopic (exact) mass is 394 g/mol. The number of alkyl halides is 2. The molecule has 0 bridgehead atoms. The molecule has 0 aliphatic carbocycles. The van der Waals surface area contributed by atoms with Crippen LogP contribution in [0.25, 0.3) is 0 Å². The number of nitrogens with zero attached hydrogens (tertiary/aromatic N) is 1. The molecule has 26 heavy (non-hydrogen) atoms. The molecular formula is C17H25ClF2N2O4. The summed E-state index contributed by atoms with van der Waals surface area (Å²) in [5.74, 6) is 0.0348. The topological polar surface area (TPSA) is 60.0 Å². The molecule has 1 fully saturated rings. The first kappa shape index (κ1) is 22.4. The third-order valence-electron chi connectivity index (χ3n) is 4.40. The minimum atomic E-state index is -2.95. The molecule has 6 nitrogen and oxygen atoms in total. The number of piperidine rings is 1. The highest BCUT2D eigenvalue weighted by molar-refractivity contribution is 5.85. The van der Waals surface area contributed by atoms with Crippen molar-refractivity contribution in [1.82, 2.24) is 10.2 Å². The zero-order valence-corrected chi connectivity index (χ0v) is 15.9. The second-order valence-corrected chi connectivity index (χ2v) is 5.97. The van der Waals surface area contributed by atoms with E-state index in [9.17, 15) is 13.6 Å². The predicted octanol–water partition coefficient (Wildman–Crippen LogP) is 2.45. The van der Waals surface area contributed by atoms with Crippen molar-refractivity contribution >= 4 is 18.3 Å². The Morgan fingerprint density at radius 2 is 1.92 bits per heavy atom. The van der Waals surface area contributed by atoms with Gasteiger partial charge in [-0.1, -0.05) is 6.07 Å². The van der Waals surface area contributed by atoms with Crippen LogP contribution in [0.15, 0.2) is 18.2 Å². The molecule has 0 unspecified atom stereocenters. The van der Waals surface area contributed by atoms with Crippen molar-refractivity contribution in [3.63, 3.8) is 0 Å². The van der Waals surface area contributed by atoms with Crippen LogP contribution in [-0.2, 0) is 16.1 Å². The Labute approximate surface area is 158 Å². The van der Waals surface area contributed by atoms with Gasteiger partial charge in [0.05, 0.1) is 7.11 Å². The van der Waals surface area contributed by atoms with E-state index in [1.807, 2.05) is 0 Å². The zero-order chi connectivity index (χ0) is 18.4. The van der Waals surface area contributed by atoms with E-state index in [1.165, 1.54) is 13.2 Å². The van der Waals surface area contributed by atoms with Crippen molar-refractivity contribution < 1.29 is 27.8 Å². The zero-order valence-electron chi connectivity index (χ0n) is 15.1. The van der Waals surface area contributed by atoms with Crippen LogP contribution in [-0.4, -0.2) is 57.4 Å². The number of ether oxygens (including phenoxy) is 3. The second-order valence-electron chi connectivity index (χ2n) is 5.97. The molecule has 1 aliphatic heterocycles. The number of methoxy groups -OCH3 is 2. The molecule has 0 aromatic heterocycles. The highest BCUT2D eigenvalue weighted by atomic mass is 35.5. The average Bonchev–Trinajstić information content (AvgIpc) is 2.61. The van der Waals surface area contributed by atoms with Gasteiger partial charge in [-0.3, -0.25) is 4.79 Å². The average molecular weight is 395 g/mol. The molecule has 1 heterocycles. The summed E-state index contributed by atoms with van der Waals surface area (Å²) in [4.78, 5) is 14.4. The van der Waals surface area contributed by atoms with Gasteiger partial charge in [0.1, 0.15) is 5.60 Å². The number of carbonyl (C=O) groups is 1. The van der Waals surface area contributed by atoms with E-state index in [4.69, 9.17) is 9.47 Å². The number of halogens is 3. The van der Waals surface area contributed by atoms with Crippen molar-refractivity contribution in [2.24, 2.45) is 0 Å². The van der Waals surface area contributed by atoms with E-state index in [0.29, 0.717) is 31.5 Å². The molecule has 1 saturated heterocycles. The fourth-order valence-electron chi connectivity index (χ4n) is 3.04. The molecule has 0 spiro atoms.